The summed E-state index contributed by atoms with van der Waals surface area (Å²) in [6.45, 7) is 3.36. The maximum atomic E-state index is 12.6. The van der Waals surface area contributed by atoms with E-state index in [4.69, 9.17) is 4.65 Å². The Labute approximate surface area is 190 Å². The van der Waals surface area contributed by atoms with Gasteiger partial charge in [0.05, 0.1) is 5.94 Å². The lowest BCUT2D eigenvalue weighted by Crippen LogP contribution is -2.53. The smallest absolute Gasteiger partial charge is 0.534 e. The number of aliphatic hydroxyl groups excluding tert-OH is 1. The molecular weight excluding hydrogens is 409 g/mol. The molecule has 2 fully saturated rings. The van der Waals surface area contributed by atoms with Crippen molar-refractivity contribution in [1.29, 1.82) is 0 Å². The number of fused-ring (bicyclic) bond motifs is 1. The summed E-state index contributed by atoms with van der Waals surface area (Å²) >= 11 is 0. The second-order valence-corrected chi connectivity index (χ2v) is 9.62. The Morgan fingerprint density at radius 1 is 1.12 bits per heavy atom. The third-order valence-corrected chi connectivity index (χ3v) is 7.25. The molecule has 3 aliphatic rings. The van der Waals surface area contributed by atoms with Crippen molar-refractivity contribution in [3.8, 4) is 5.75 Å². The van der Waals surface area contributed by atoms with Gasteiger partial charge >= 0.3 is 7.12 Å². The van der Waals surface area contributed by atoms with Crippen LogP contribution in [0.4, 0.5) is 0 Å². The predicted molar refractivity (Wildman–Crippen MR) is 122 cm³/mol. The first-order valence-corrected chi connectivity index (χ1v) is 12.1. The SMILES string of the molecule is O=C(CC1CCC(NCC2CCNCC2)CC1)N[C@H]1Cc2cccc(C(O)O)c2OB1O. The van der Waals surface area contributed by atoms with E-state index in [1.54, 1.807) is 12.1 Å². The standard InChI is InChI=1S/C23H36BN3O5/c28-21(12-15-4-6-18(7-5-15)26-14-16-8-10-25-11-9-16)27-20-13-17-2-1-3-19(23(29)30)22(17)32-24(20)31/h1-3,15-16,18,20,23,25-26,29-31H,4-14H2,(H,27,28)/t15?,18?,20-/m0/s1. The normalized spacial score (nSPS) is 26.5. The van der Waals surface area contributed by atoms with Crippen LogP contribution in [-0.2, 0) is 11.2 Å². The van der Waals surface area contributed by atoms with Crippen molar-refractivity contribution in [2.45, 2.75) is 69.6 Å². The predicted octanol–water partition coefficient (Wildman–Crippen LogP) is 0.647. The van der Waals surface area contributed by atoms with Gasteiger partial charge in [-0.05, 0) is 82.0 Å². The molecule has 0 unspecified atom stereocenters. The van der Waals surface area contributed by atoms with Gasteiger partial charge in [-0.25, -0.2) is 0 Å². The van der Waals surface area contributed by atoms with E-state index in [0.717, 1.165) is 56.8 Å². The summed E-state index contributed by atoms with van der Waals surface area (Å²) in [4.78, 5) is 12.6. The second-order valence-electron chi connectivity index (χ2n) is 9.62. The van der Waals surface area contributed by atoms with Gasteiger partial charge in [-0.1, -0.05) is 18.2 Å². The maximum absolute atomic E-state index is 12.6. The molecule has 0 aromatic heterocycles. The molecule has 1 saturated carbocycles. The highest BCUT2D eigenvalue weighted by Gasteiger charge is 2.38. The Hall–Kier alpha value is -1.65. The molecule has 1 aromatic rings. The van der Waals surface area contributed by atoms with Gasteiger partial charge in [0.15, 0.2) is 6.29 Å². The lowest BCUT2D eigenvalue weighted by Gasteiger charge is -2.32. The number of nitrogens with one attached hydrogen (secondary N) is 3. The molecule has 0 radical (unpaired) electrons. The number of hydrogen-bond donors (Lipinski definition) is 6. The fourth-order valence-corrected chi connectivity index (χ4v) is 5.29. The lowest BCUT2D eigenvalue weighted by molar-refractivity contribution is -0.122. The number of carbonyl (C=O) groups excluding carboxylic acids is 1. The molecule has 9 heteroatoms. The van der Waals surface area contributed by atoms with Crippen molar-refractivity contribution in [3.05, 3.63) is 29.3 Å². The highest BCUT2D eigenvalue weighted by Crippen LogP contribution is 2.33. The molecule has 1 saturated heterocycles. The summed E-state index contributed by atoms with van der Waals surface area (Å²) in [6, 6.07) is 5.63. The zero-order chi connectivity index (χ0) is 22.5. The molecule has 2 aliphatic heterocycles. The zero-order valence-electron chi connectivity index (χ0n) is 18.6. The van der Waals surface area contributed by atoms with Crippen LogP contribution in [0.15, 0.2) is 18.2 Å². The van der Waals surface area contributed by atoms with Gasteiger partial charge in [-0.15, -0.1) is 0 Å². The lowest BCUT2D eigenvalue weighted by atomic mass is 9.72. The summed E-state index contributed by atoms with van der Waals surface area (Å²) in [5.41, 5.74) is 0.961. The van der Waals surface area contributed by atoms with Crippen LogP contribution in [0.1, 0.15) is 62.4 Å². The van der Waals surface area contributed by atoms with Crippen LogP contribution in [0.3, 0.4) is 0 Å². The number of piperidine rings is 1. The summed E-state index contributed by atoms with van der Waals surface area (Å²) in [6.07, 6.45) is 5.99. The van der Waals surface area contributed by atoms with Crippen LogP contribution >= 0.6 is 0 Å². The van der Waals surface area contributed by atoms with E-state index in [1.807, 2.05) is 6.07 Å². The number of rotatable bonds is 7. The molecule has 6 N–H and O–H groups in total. The summed E-state index contributed by atoms with van der Waals surface area (Å²) < 4.78 is 5.53. The van der Waals surface area contributed by atoms with E-state index in [2.05, 4.69) is 16.0 Å². The van der Waals surface area contributed by atoms with Gasteiger partial charge in [0.1, 0.15) is 5.75 Å². The van der Waals surface area contributed by atoms with E-state index < -0.39 is 19.3 Å². The first kappa shape index (κ1) is 23.5. The van der Waals surface area contributed by atoms with Crippen LogP contribution in [-0.4, -0.2) is 59.9 Å². The van der Waals surface area contributed by atoms with Crippen LogP contribution in [0.25, 0.3) is 0 Å². The quantitative estimate of drug-likeness (QED) is 0.269. The molecule has 8 nitrogen and oxygen atoms in total. The van der Waals surface area contributed by atoms with E-state index in [9.17, 15) is 20.0 Å². The minimum atomic E-state index is -1.67. The third kappa shape index (κ3) is 6.02. The van der Waals surface area contributed by atoms with Crippen LogP contribution < -0.4 is 20.6 Å². The largest absolute Gasteiger partial charge is 0.547 e. The summed E-state index contributed by atoms with van der Waals surface area (Å²) in [7, 11) is -1.22. The zero-order valence-corrected chi connectivity index (χ0v) is 18.6. The van der Waals surface area contributed by atoms with Crippen LogP contribution in [0.2, 0.25) is 0 Å². The number of benzene rings is 1. The molecule has 1 atom stereocenters. The number of aliphatic hydroxyl groups is 2. The summed E-state index contributed by atoms with van der Waals surface area (Å²) in [5, 5.41) is 39.4. The van der Waals surface area contributed by atoms with Gasteiger partial charge in [-0.2, -0.15) is 0 Å². The number of para-hydroxylation sites is 1. The Morgan fingerprint density at radius 2 is 1.88 bits per heavy atom. The second kappa shape index (κ2) is 11.0. The van der Waals surface area contributed by atoms with Crippen molar-refractivity contribution in [1.82, 2.24) is 16.0 Å². The number of hydrogen-bond acceptors (Lipinski definition) is 7. The summed E-state index contributed by atoms with van der Waals surface area (Å²) in [5.74, 6) is 0.827. The van der Waals surface area contributed by atoms with E-state index in [0.29, 0.717) is 24.8 Å². The van der Waals surface area contributed by atoms with Gasteiger partial charge in [-0.3, -0.25) is 4.79 Å². The number of amides is 1. The maximum Gasteiger partial charge on any atom is 0.547 e. The highest BCUT2D eigenvalue weighted by molar-refractivity contribution is 6.46. The highest BCUT2D eigenvalue weighted by atomic mass is 16.5. The van der Waals surface area contributed by atoms with Gasteiger partial charge < -0.3 is 35.8 Å². The topological polar surface area (TPSA) is 123 Å². The van der Waals surface area contributed by atoms with Gasteiger partial charge in [0.25, 0.3) is 0 Å². The average molecular weight is 445 g/mol. The molecule has 4 rings (SSSR count). The van der Waals surface area contributed by atoms with E-state index in [1.165, 1.54) is 12.8 Å². The number of carbonyl (C=O) groups is 1. The van der Waals surface area contributed by atoms with Crippen molar-refractivity contribution < 1.29 is 24.7 Å². The minimum absolute atomic E-state index is 0.0643. The van der Waals surface area contributed by atoms with Crippen LogP contribution in [0.5, 0.6) is 5.75 Å². The fourth-order valence-electron chi connectivity index (χ4n) is 5.29. The van der Waals surface area contributed by atoms with E-state index in [-0.39, 0.29) is 17.2 Å². The van der Waals surface area contributed by atoms with Crippen LogP contribution in [0, 0.1) is 11.8 Å². The molecule has 176 valence electrons. The van der Waals surface area contributed by atoms with Gasteiger partial charge in [0.2, 0.25) is 5.91 Å². The molecule has 1 amide bonds. The molecule has 1 aliphatic carbocycles. The average Bonchev–Trinajstić information content (AvgIpc) is 2.79. The third-order valence-electron chi connectivity index (χ3n) is 7.25. The first-order chi connectivity index (χ1) is 15.5. The van der Waals surface area contributed by atoms with Crippen molar-refractivity contribution in [2.75, 3.05) is 19.6 Å². The Balaban J connectivity index is 1.20. The van der Waals surface area contributed by atoms with Crippen molar-refractivity contribution in [3.63, 3.8) is 0 Å². The fraction of sp³-hybridized carbons (Fsp3) is 0.696. The molecular formula is C23H36BN3O5. The monoisotopic (exact) mass is 445 g/mol. The minimum Gasteiger partial charge on any atom is -0.534 e. The van der Waals surface area contributed by atoms with Crippen molar-refractivity contribution >= 4 is 13.0 Å². The van der Waals surface area contributed by atoms with Crippen molar-refractivity contribution in [2.24, 2.45) is 11.8 Å². The molecule has 1 aromatic carbocycles. The molecule has 32 heavy (non-hydrogen) atoms. The molecule has 0 spiro atoms. The first-order valence-electron chi connectivity index (χ1n) is 12.1. The van der Waals surface area contributed by atoms with Gasteiger partial charge in [0, 0.05) is 18.0 Å². The molecule has 2 heterocycles. The molecule has 0 bridgehead atoms. The Bertz CT molecular complexity index is 766. The Kier molecular flexibility index (Phi) is 8.07. The Morgan fingerprint density at radius 3 is 2.59 bits per heavy atom. The van der Waals surface area contributed by atoms with E-state index >= 15 is 0 Å².